The zero-order valence-electron chi connectivity index (χ0n) is 12.2. The molecule has 108 valence electrons. The van der Waals surface area contributed by atoms with Gasteiger partial charge in [0.2, 0.25) is 0 Å². The van der Waals surface area contributed by atoms with Gasteiger partial charge in [-0.2, -0.15) is 0 Å². The van der Waals surface area contributed by atoms with Gasteiger partial charge in [-0.1, -0.05) is 12.8 Å². The van der Waals surface area contributed by atoms with Gasteiger partial charge in [0.15, 0.2) is 0 Å². The van der Waals surface area contributed by atoms with Gasteiger partial charge in [-0.05, 0) is 32.2 Å². The van der Waals surface area contributed by atoms with Crippen LogP contribution in [0.3, 0.4) is 0 Å². The number of rotatable bonds is 8. The summed E-state index contributed by atoms with van der Waals surface area (Å²) in [7, 11) is 3.53. The van der Waals surface area contributed by atoms with E-state index in [0.29, 0.717) is 18.0 Å². The van der Waals surface area contributed by atoms with E-state index in [9.17, 15) is 0 Å². The van der Waals surface area contributed by atoms with Crippen molar-refractivity contribution in [2.45, 2.75) is 44.7 Å². The van der Waals surface area contributed by atoms with Crippen LogP contribution < -0.4 is 5.73 Å². The first-order valence-corrected chi connectivity index (χ1v) is 7.18. The predicted octanol–water partition coefficient (Wildman–Crippen LogP) is 1.49. The Morgan fingerprint density at radius 1 is 1.22 bits per heavy atom. The van der Waals surface area contributed by atoms with Crippen LogP contribution in [0.5, 0.6) is 0 Å². The van der Waals surface area contributed by atoms with Crippen molar-refractivity contribution >= 4 is 0 Å². The molecule has 0 aliphatic heterocycles. The summed E-state index contributed by atoms with van der Waals surface area (Å²) in [4.78, 5) is 2.55. The van der Waals surface area contributed by atoms with Crippen LogP contribution in [-0.4, -0.2) is 57.5 Å². The van der Waals surface area contributed by atoms with E-state index in [1.165, 1.54) is 25.7 Å². The lowest BCUT2D eigenvalue weighted by molar-refractivity contribution is 0.0152. The molecule has 18 heavy (non-hydrogen) atoms. The molecule has 0 amide bonds. The Balaban J connectivity index is 2.65. The molecule has 1 saturated carbocycles. The van der Waals surface area contributed by atoms with Crippen LogP contribution in [0.25, 0.3) is 0 Å². The fourth-order valence-electron chi connectivity index (χ4n) is 3.15. The summed E-state index contributed by atoms with van der Waals surface area (Å²) in [6.07, 6.45) is 5.18. The molecule has 4 heteroatoms. The molecule has 3 unspecified atom stereocenters. The molecule has 3 atom stereocenters. The Morgan fingerprint density at radius 2 is 1.94 bits per heavy atom. The highest BCUT2D eigenvalue weighted by molar-refractivity contribution is 4.86. The first-order valence-electron chi connectivity index (χ1n) is 7.18. The van der Waals surface area contributed by atoms with Crippen molar-refractivity contribution in [3.05, 3.63) is 0 Å². The number of methoxy groups -OCH3 is 2. The SMILES string of the molecule is COCCN(C(C)COC)C1CCCCC1CN. The molecule has 0 aromatic heterocycles. The largest absolute Gasteiger partial charge is 0.383 e. The van der Waals surface area contributed by atoms with Crippen LogP contribution in [0.15, 0.2) is 0 Å². The minimum Gasteiger partial charge on any atom is -0.383 e. The highest BCUT2D eigenvalue weighted by atomic mass is 16.5. The van der Waals surface area contributed by atoms with Crippen LogP contribution >= 0.6 is 0 Å². The number of nitrogens with zero attached hydrogens (tertiary/aromatic N) is 1. The second-order valence-corrected chi connectivity index (χ2v) is 5.38. The summed E-state index contributed by atoms with van der Waals surface area (Å²) >= 11 is 0. The molecule has 0 saturated heterocycles. The molecular formula is C14H30N2O2. The Labute approximate surface area is 112 Å². The van der Waals surface area contributed by atoms with Gasteiger partial charge in [0.25, 0.3) is 0 Å². The zero-order chi connectivity index (χ0) is 13.4. The van der Waals surface area contributed by atoms with Gasteiger partial charge in [-0.3, -0.25) is 4.90 Å². The molecule has 1 rings (SSSR count). The van der Waals surface area contributed by atoms with Crippen molar-refractivity contribution < 1.29 is 9.47 Å². The molecule has 1 aliphatic rings. The summed E-state index contributed by atoms with van der Waals surface area (Å²) in [5, 5.41) is 0. The van der Waals surface area contributed by atoms with Gasteiger partial charge in [0, 0.05) is 32.8 Å². The van der Waals surface area contributed by atoms with Gasteiger partial charge in [-0.15, -0.1) is 0 Å². The molecule has 0 heterocycles. The second kappa shape index (κ2) is 8.86. The molecule has 0 aromatic rings. The van der Waals surface area contributed by atoms with Gasteiger partial charge in [0.1, 0.15) is 0 Å². The van der Waals surface area contributed by atoms with Crippen molar-refractivity contribution in [3.8, 4) is 0 Å². The maximum absolute atomic E-state index is 5.95. The van der Waals surface area contributed by atoms with Gasteiger partial charge >= 0.3 is 0 Å². The molecule has 0 bridgehead atoms. The van der Waals surface area contributed by atoms with Crippen molar-refractivity contribution in [1.29, 1.82) is 0 Å². The van der Waals surface area contributed by atoms with E-state index in [1.54, 1.807) is 14.2 Å². The smallest absolute Gasteiger partial charge is 0.0615 e. The first-order chi connectivity index (χ1) is 8.74. The van der Waals surface area contributed by atoms with Crippen molar-refractivity contribution in [1.82, 2.24) is 4.90 Å². The van der Waals surface area contributed by atoms with Crippen molar-refractivity contribution in [2.75, 3.05) is 40.5 Å². The Bertz CT molecular complexity index is 214. The molecular weight excluding hydrogens is 228 g/mol. The molecule has 1 aliphatic carbocycles. The van der Waals surface area contributed by atoms with Gasteiger partial charge in [-0.25, -0.2) is 0 Å². The number of nitrogens with two attached hydrogens (primary N) is 1. The first kappa shape index (κ1) is 15.9. The Kier molecular flexibility index (Phi) is 7.82. The van der Waals surface area contributed by atoms with Crippen LogP contribution in [-0.2, 0) is 9.47 Å². The van der Waals surface area contributed by atoms with E-state index in [-0.39, 0.29) is 0 Å². The monoisotopic (exact) mass is 258 g/mol. The van der Waals surface area contributed by atoms with E-state index in [0.717, 1.165) is 26.3 Å². The van der Waals surface area contributed by atoms with Crippen LogP contribution in [0, 0.1) is 5.92 Å². The van der Waals surface area contributed by atoms with Crippen molar-refractivity contribution in [3.63, 3.8) is 0 Å². The van der Waals surface area contributed by atoms with Crippen LogP contribution in [0.4, 0.5) is 0 Å². The number of hydrogen-bond acceptors (Lipinski definition) is 4. The van der Waals surface area contributed by atoms with Crippen molar-refractivity contribution in [2.24, 2.45) is 11.7 Å². The van der Waals surface area contributed by atoms with Gasteiger partial charge < -0.3 is 15.2 Å². The maximum atomic E-state index is 5.95. The summed E-state index contributed by atoms with van der Waals surface area (Å²) in [5.74, 6) is 0.634. The zero-order valence-corrected chi connectivity index (χ0v) is 12.2. The van der Waals surface area contributed by atoms with Crippen LogP contribution in [0.2, 0.25) is 0 Å². The normalized spacial score (nSPS) is 26.5. The lowest BCUT2D eigenvalue weighted by Gasteiger charge is -2.42. The van der Waals surface area contributed by atoms with E-state index < -0.39 is 0 Å². The minimum atomic E-state index is 0.433. The summed E-state index contributed by atoms with van der Waals surface area (Å²) in [6, 6.07) is 1.03. The summed E-state index contributed by atoms with van der Waals surface area (Å²) in [6.45, 7) is 5.57. The van der Waals surface area contributed by atoms with E-state index in [4.69, 9.17) is 15.2 Å². The predicted molar refractivity (Wildman–Crippen MR) is 74.7 cm³/mol. The van der Waals surface area contributed by atoms with E-state index >= 15 is 0 Å². The molecule has 2 N–H and O–H groups in total. The average molecular weight is 258 g/mol. The summed E-state index contributed by atoms with van der Waals surface area (Å²) < 4.78 is 10.6. The lowest BCUT2D eigenvalue weighted by Crippen LogP contribution is -2.51. The Morgan fingerprint density at radius 3 is 2.56 bits per heavy atom. The molecule has 4 nitrogen and oxygen atoms in total. The molecule has 0 spiro atoms. The van der Waals surface area contributed by atoms with E-state index in [2.05, 4.69) is 11.8 Å². The number of ether oxygens (including phenoxy) is 2. The topological polar surface area (TPSA) is 47.7 Å². The quantitative estimate of drug-likeness (QED) is 0.716. The minimum absolute atomic E-state index is 0.433. The average Bonchev–Trinajstić information content (AvgIpc) is 2.40. The van der Waals surface area contributed by atoms with Crippen LogP contribution in [0.1, 0.15) is 32.6 Å². The molecule has 0 radical (unpaired) electrons. The standard InChI is InChI=1S/C14H30N2O2/c1-12(11-18-3)16(8-9-17-2)14-7-5-4-6-13(14)10-15/h12-14H,4-11,15H2,1-3H3. The highest BCUT2D eigenvalue weighted by Gasteiger charge is 2.31. The third-order valence-electron chi connectivity index (χ3n) is 4.13. The molecule has 1 fully saturated rings. The highest BCUT2D eigenvalue weighted by Crippen LogP contribution is 2.29. The third kappa shape index (κ3) is 4.50. The fourth-order valence-corrected chi connectivity index (χ4v) is 3.15. The van der Waals surface area contributed by atoms with Gasteiger partial charge in [0.05, 0.1) is 13.2 Å². The lowest BCUT2D eigenvalue weighted by atomic mass is 9.83. The number of hydrogen-bond donors (Lipinski definition) is 1. The second-order valence-electron chi connectivity index (χ2n) is 5.38. The molecule has 0 aromatic carbocycles. The summed E-state index contributed by atoms with van der Waals surface area (Å²) in [5.41, 5.74) is 5.95. The van der Waals surface area contributed by atoms with E-state index in [1.807, 2.05) is 0 Å². The maximum Gasteiger partial charge on any atom is 0.0615 e. The Hall–Kier alpha value is -0.160. The third-order valence-corrected chi connectivity index (χ3v) is 4.13. The fraction of sp³-hybridized carbons (Fsp3) is 1.00.